The standard InChI is InChI=1S/C7H4BF3N.K/c9-8(10,11)4-3-7-2-1-5-12-6-7;/h1-2,5-6H;/q-1;+1. The molecule has 0 radical (unpaired) electrons. The van der Waals surface area contributed by atoms with E-state index in [0.717, 1.165) is 0 Å². The molecule has 0 spiro atoms. The maximum atomic E-state index is 11.6. The molecule has 0 aliphatic rings. The van der Waals surface area contributed by atoms with Crippen molar-refractivity contribution in [2.75, 3.05) is 0 Å². The van der Waals surface area contributed by atoms with Crippen LogP contribution in [0, 0.1) is 11.7 Å². The zero-order valence-corrected chi connectivity index (χ0v) is 10.1. The molecule has 0 bridgehead atoms. The normalized spacial score (nSPS) is 9.46. The van der Waals surface area contributed by atoms with E-state index in [2.05, 4.69) is 4.98 Å². The fourth-order valence-electron chi connectivity index (χ4n) is 0.602. The van der Waals surface area contributed by atoms with Gasteiger partial charge in [0.25, 0.3) is 0 Å². The van der Waals surface area contributed by atoms with Crippen LogP contribution in [0.25, 0.3) is 0 Å². The van der Waals surface area contributed by atoms with E-state index in [1.807, 2.05) is 5.92 Å². The predicted molar refractivity (Wildman–Crippen MR) is 40.2 cm³/mol. The Morgan fingerprint density at radius 2 is 2.00 bits per heavy atom. The number of hydrogen-bond acceptors (Lipinski definition) is 1. The van der Waals surface area contributed by atoms with Crippen LogP contribution in [0.5, 0.6) is 0 Å². The van der Waals surface area contributed by atoms with E-state index in [1.54, 1.807) is 0 Å². The molecule has 0 N–H and O–H groups in total. The Labute approximate surface area is 117 Å². The van der Waals surface area contributed by atoms with Gasteiger partial charge in [0.05, 0.1) is 0 Å². The molecule has 0 fully saturated rings. The van der Waals surface area contributed by atoms with Gasteiger partial charge in [-0.05, 0) is 12.1 Å². The molecule has 0 aliphatic heterocycles. The Balaban J connectivity index is 0.00000144. The van der Waals surface area contributed by atoms with Crippen molar-refractivity contribution in [3.8, 4) is 11.7 Å². The van der Waals surface area contributed by atoms with Crippen LogP contribution in [0.3, 0.4) is 0 Å². The molecule has 0 aliphatic carbocycles. The molecule has 62 valence electrons. The Kier molecular flexibility index (Phi) is 5.92. The van der Waals surface area contributed by atoms with Gasteiger partial charge in [0.1, 0.15) is 0 Å². The summed E-state index contributed by atoms with van der Waals surface area (Å²) in [6.07, 6.45) is 2.76. The first kappa shape index (κ1) is 13.2. The monoisotopic (exact) mass is 209 g/mol. The van der Waals surface area contributed by atoms with E-state index in [1.165, 1.54) is 30.3 Å². The van der Waals surface area contributed by atoms with E-state index >= 15 is 0 Å². The summed E-state index contributed by atoms with van der Waals surface area (Å²) in [6.45, 7) is -5.02. The van der Waals surface area contributed by atoms with Crippen LogP contribution < -0.4 is 51.4 Å². The molecule has 1 aromatic heterocycles. The van der Waals surface area contributed by atoms with Crippen LogP contribution in [0.4, 0.5) is 12.9 Å². The summed E-state index contributed by atoms with van der Waals surface area (Å²) in [5.74, 6) is 3.19. The zero-order chi connectivity index (χ0) is 9.03. The van der Waals surface area contributed by atoms with Gasteiger partial charge in [-0.2, -0.15) is 5.82 Å². The molecule has 0 saturated heterocycles. The van der Waals surface area contributed by atoms with E-state index in [9.17, 15) is 12.9 Å². The summed E-state index contributed by atoms with van der Waals surface area (Å²) in [4.78, 5) is 3.62. The van der Waals surface area contributed by atoms with Gasteiger partial charge >= 0.3 is 58.4 Å². The maximum absolute atomic E-state index is 11.6. The number of rotatable bonds is 0. The van der Waals surface area contributed by atoms with Crippen molar-refractivity contribution in [1.82, 2.24) is 4.98 Å². The third-order valence-corrected chi connectivity index (χ3v) is 1.04. The van der Waals surface area contributed by atoms with Crippen LogP contribution in [0.15, 0.2) is 24.5 Å². The van der Waals surface area contributed by atoms with Gasteiger partial charge in [0.15, 0.2) is 0 Å². The summed E-state index contributed by atoms with van der Waals surface area (Å²) in [5, 5.41) is 0. The molecule has 1 heterocycles. The summed E-state index contributed by atoms with van der Waals surface area (Å²) in [7, 11) is 0. The first-order chi connectivity index (χ1) is 5.58. The van der Waals surface area contributed by atoms with Crippen molar-refractivity contribution < 1.29 is 64.3 Å². The first-order valence-corrected chi connectivity index (χ1v) is 3.20. The number of aromatic nitrogens is 1. The van der Waals surface area contributed by atoms with Gasteiger partial charge in [-0.3, -0.25) is 4.98 Å². The van der Waals surface area contributed by atoms with Crippen molar-refractivity contribution in [3.05, 3.63) is 30.1 Å². The van der Waals surface area contributed by atoms with E-state index in [4.69, 9.17) is 0 Å². The van der Waals surface area contributed by atoms with E-state index in [-0.39, 0.29) is 56.9 Å². The fourth-order valence-corrected chi connectivity index (χ4v) is 0.602. The van der Waals surface area contributed by atoms with Gasteiger partial charge < -0.3 is 12.9 Å². The van der Waals surface area contributed by atoms with Crippen molar-refractivity contribution in [3.63, 3.8) is 0 Å². The number of halogens is 3. The van der Waals surface area contributed by atoms with Crippen LogP contribution in [0.2, 0.25) is 0 Å². The number of nitrogens with zero attached hydrogens (tertiary/aromatic N) is 1. The van der Waals surface area contributed by atoms with E-state index < -0.39 is 6.98 Å². The quantitative estimate of drug-likeness (QED) is 0.387. The predicted octanol–water partition coefficient (Wildman–Crippen LogP) is -1.18. The minimum atomic E-state index is -5.02. The summed E-state index contributed by atoms with van der Waals surface area (Å²) >= 11 is 0. The Morgan fingerprint density at radius 3 is 2.46 bits per heavy atom. The van der Waals surface area contributed by atoms with Crippen molar-refractivity contribution in [1.29, 1.82) is 0 Å². The first-order valence-electron chi connectivity index (χ1n) is 3.20. The van der Waals surface area contributed by atoms with Gasteiger partial charge in [0.2, 0.25) is 0 Å². The molecule has 6 heteroatoms. The molecule has 0 saturated carbocycles. The largest absolute Gasteiger partial charge is 1.00 e. The minimum absolute atomic E-state index is 0. The van der Waals surface area contributed by atoms with Crippen molar-refractivity contribution in [2.24, 2.45) is 0 Å². The average Bonchev–Trinajstić information content (AvgIpc) is 2.02. The van der Waals surface area contributed by atoms with Gasteiger partial charge in [-0.15, -0.1) is 5.92 Å². The van der Waals surface area contributed by atoms with Crippen LogP contribution in [-0.2, 0) is 0 Å². The number of pyridine rings is 1. The Bertz CT molecular complexity index is 314. The average molecular weight is 209 g/mol. The Hall–Kier alpha value is 0.201. The molecular weight excluding hydrogens is 205 g/mol. The second-order valence-corrected chi connectivity index (χ2v) is 2.09. The molecule has 1 aromatic rings. The van der Waals surface area contributed by atoms with Crippen LogP contribution >= 0.6 is 0 Å². The second-order valence-electron chi connectivity index (χ2n) is 2.09. The molecule has 1 nitrogen and oxygen atoms in total. The molecule has 0 unspecified atom stereocenters. The molecule has 0 amide bonds. The van der Waals surface area contributed by atoms with Crippen LogP contribution in [0.1, 0.15) is 5.56 Å². The zero-order valence-electron chi connectivity index (χ0n) is 6.97. The van der Waals surface area contributed by atoms with Crippen molar-refractivity contribution >= 4 is 6.98 Å². The second kappa shape index (κ2) is 5.83. The molecule has 0 atom stereocenters. The molecule has 1 rings (SSSR count). The SMILES string of the molecule is F[B-](F)(F)C#Cc1cccnc1.[K+]. The summed E-state index contributed by atoms with van der Waals surface area (Å²) < 4.78 is 34.8. The molecular formula is C7H4BF3KN. The van der Waals surface area contributed by atoms with Crippen LogP contribution in [-0.4, -0.2) is 12.0 Å². The molecule has 0 aromatic carbocycles. The van der Waals surface area contributed by atoms with Gasteiger partial charge in [0, 0.05) is 18.0 Å². The third-order valence-electron chi connectivity index (χ3n) is 1.04. The van der Waals surface area contributed by atoms with Gasteiger partial charge in [-0.25, -0.2) is 0 Å². The smallest absolute Gasteiger partial charge is 0.438 e. The summed E-state index contributed by atoms with van der Waals surface area (Å²) in [6, 6.07) is 3.01. The van der Waals surface area contributed by atoms with E-state index in [0.29, 0.717) is 0 Å². The topological polar surface area (TPSA) is 12.9 Å². The van der Waals surface area contributed by atoms with Crippen molar-refractivity contribution in [2.45, 2.75) is 0 Å². The van der Waals surface area contributed by atoms with Gasteiger partial charge in [-0.1, -0.05) is 0 Å². The maximum Gasteiger partial charge on any atom is 1.00 e. The fraction of sp³-hybridized carbons (Fsp3) is 0. The summed E-state index contributed by atoms with van der Waals surface area (Å²) in [5.41, 5.74) is 0.275. The third kappa shape index (κ3) is 6.30. The minimum Gasteiger partial charge on any atom is -0.438 e. The molecule has 13 heavy (non-hydrogen) atoms. The Morgan fingerprint density at radius 1 is 1.31 bits per heavy atom. The number of hydrogen-bond donors (Lipinski definition) is 0.